The van der Waals surface area contributed by atoms with E-state index in [2.05, 4.69) is 103 Å². The van der Waals surface area contributed by atoms with Crippen molar-refractivity contribution in [3.05, 3.63) is 82.2 Å². The van der Waals surface area contributed by atoms with E-state index in [4.69, 9.17) is 23.6 Å². The van der Waals surface area contributed by atoms with Crippen molar-refractivity contribution < 1.29 is 18.6 Å². The Hall–Kier alpha value is -2.83. The molecule has 1 aromatic heterocycles. The molecule has 0 amide bonds. The van der Waals surface area contributed by atoms with Gasteiger partial charge in [-0.2, -0.15) is 0 Å². The van der Waals surface area contributed by atoms with Crippen LogP contribution in [0.3, 0.4) is 0 Å². The van der Waals surface area contributed by atoms with E-state index in [1.807, 2.05) is 0 Å². The molecule has 5 rings (SSSR count). The standard InChI is InChI=1S/C37H51NO4Si/c1-10-11-12-28-14-16-31-34(26-13-18-32-33(21-26)41-23-40-32)25(3)35(36(31)38-28)30-17-15-29(39-7)20-27(30)19-24(2)22-42-43(8,9)37(4,5)6/h13-18,20-21,24-25,34-35H,10-12,19,22-23H2,1-9H3/t24-,25+,34-,35+/m0/s1. The number of rotatable bonds is 11. The normalized spacial score (nSPS) is 20.3. The lowest BCUT2D eigenvalue weighted by Crippen LogP contribution is -2.41. The van der Waals surface area contributed by atoms with E-state index >= 15 is 0 Å². The second-order valence-electron chi connectivity index (χ2n) is 14.3. The lowest BCUT2D eigenvalue weighted by atomic mass is 9.79. The number of aromatic nitrogens is 1. The SMILES string of the molecule is CCCCc1ccc2c(n1)[C@@H](c1ccc(OC)cc1C[C@H](C)CO[Si](C)(C)C(C)(C)C)[C@H](C)[C@H]2c1ccc2c(c1)OCO2. The largest absolute Gasteiger partial charge is 0.497 e. The summed E-state index contributed by atoms with van der Waals surface area (Å²) in [5.74, 6) is 3.66. The Kier molecular flexibility index (Phi) is 9.29. The first-order valence-corrected chi connectivity index (χ1v) is 19.0. The number of aryl methyl sites for hydroxylation is 1. The van der Waals surface area contributed by atoms with Crippen molar-refractivity contribution in [1.82, 2.24) is 4.98 Å². The molecular formula is C37H51NO4Si. The molecule has 3 aromatic rings. The smallest absolute Gasteiger partial charge is 0.231 e. The van der Waals surface area contributed by atoms with Gasteiger partial charge in [0.05, 0.1) is 12.8 Å². The third-order valence-corrected chi connectivity index (χ3v) is 14.5. The van der Waals surface area contributed by atoms with Gasteiger partial charge in [-0.3, -0.25) is 4.98 Å². The summed E-state index contributed by atoms with van der Waals surface area (Å²) in [5, 5.41) is 0.196. The molecule has 0 saturated heterocycles. The van der Waals surface area contributed by atoms with Gasteiger partial charge in [-0.1, -0.05) is 66.2 Å². The highest BCUT2D eigenvalue weighted by molar-refractivity contribution is 6.74. The fraction of sp³-hybridized carbons (Fsp3) is 0.541. The average Bonchev–Trinajstić information content (AvgIpc) is 3.55. The first kappa shape index (κ1) is 31.6. The number of methoxy groups -OCH3 is 1. The lowest BCUT2D eigenvalue weighted by Gasteiger charge is -2.37. The number of ether oxygens (including phenoxy) is 3. The summed E-state index contributed by atoms with van der Waals surface area (Å²) in [4.78, 5) is 5.40. The summed E-state index contributed by atoms with van der Waals surface area (Å²) < 4.78 is 23.8. The molecule has 0 spiro atoms. The molecule has 1 aliphatic carbocycles. The first-order chi connectivity index (χ1) is 20.4. The molecule has 5 nitrogen and oxygen atoms in total. The maximum absolute atomic E-state index is 6.67. The molecule has 0 N–H and O–H groups in total. The van der Waals surface area contributed by atoms with Gasteiger partial charge in [0.25, 0.3) is 0 Å². The van der Waals surface area contributed by atoms with Gasteiger partial charge in [-0.15, -0.1) is 0 Å². The highest BCUT2D eigenvalue weighted by Gasteiger charge is 2.42. The quantitative estimate of drug-likeness (QED) is 0.205. The molecule has 2 aromatic carbocycles. The van der Waals surface area contributed by atoms with Gasteiger partial charge < -0.3 is 18.6 Å². The lowest BCUT2D eigenvalue weighted by molar-refractivity contribution is 0.174. The summed E-state index contributed by atoms with van der Waals surface area (Å²) in [6.45, 7) is 19.6. The van der Waals surface area contributed by atoms with Crippen LogP contribution in [0, 0.1) is 11.8 Å². The summed E-state index contributed by atoms with van der Waals surface area (Å²) in [5.41, 5.74) is 7.69. The van der Waals surface area contributed by atoms with Crippen LogP contribution in [0.4, 0.5) is 0 Å². The van der Waals surface area contributed by atoms with Crippen LogP contribution in [0.1, 0.15) is 99.9 Å². The predicted octanol–water partition coefficient (Wildman–Crippen LogP) is 9.28. The molecule has 2 heterocycles. The molecule has 0 radical (unpaired) electrons. The van der Waals surface area contributed by atoms with E-state index in [-0.39, 0.29) is 23.7 Å². The van der Waals surface area contributed by atoms with Gasteiger partial charge in [0.1, 0.15) is 5.75 Å². The molecule has 6 heteroatoms. The van der Waals surface area contributed by atoms with Crippen molar-refractivity contribution in [3.63, 3.8) is 0 Å². The molecule has 43 heavy (non-hydrogen) atoms. The Morgan fingerprint density at radius 3 is 2.44 bits per heavy atom. The Labute approximate surface area is 260 Å². The van der Waals surface area contributed by atoms with Crippen LogP contribution in [0.5, 0.6) is 17.2 Å². The van der Waals surface area contributed by atoms with Crippen molar-refractivity contribution in [3.8, 4) is 17.2 Å². The molecule has 0 unspecified atom stereocenters. The Balaban J connectivity index is 1.53. The van der Waals surface area contributed by atoms with Crippen LogP contribution in [-0.4, -0.2) is 33.8 Å². The van der Waals surface area contributed by atoms with Gasteiger partial charge in [0.15, 0.2) is 19.8 Å². The van der Waals surface area contributed by atoms with Crippen molar-refractivity contribution in [2.75, 3.05) is 20.5 Å². The second kappa shape index (κ2) is 12.6. The van der Waals surface area contributed by atoms with Crippen LogP contribution in [-0.2, 0) is 17.3 Å². The Morgan fingerprint density at radius 1 is 0.977 bits per heavy atom. The number of unbranched alkanes of at least 4 members (excludes halogenated alkanes) is 1. The van der Waals surface area contributed by atoms with Crippen LogP contribution in [0.2, 0.25) is 18.1 Å². The zero-order valence-corrected chi connectivity index (χ0v) is 28.8. The maximum atomic E-state index is 6.67. The predicted molar refractivity (Wildman–Crippen MR) is 177 cm³/mol. The molecule has 232 valence electrons. The van der Waals surface area contributed by atoms with Gasteiger partial charge >= 0.3 is 0 Å². The van der Waals surface area contributed by atoms with Gasteiger partial charge in [-0.05, 0) is 102 Å². The van der Waals surface area contributed by atoms with Gasteiger partial charge in [-0.25, -0.2) is 0 Å². The minimum atomic E-state index is -1.83. The first-order valence-electron chi connectivity index (χ1n) is 16.1. The van der Waals surface area contributed by atoms with Crippen LogP contribution >= 0.6 is 0 Å². The van der Waals surface area contributed by atoms with E-state index in [0.29, 0.717) is 11.8 Å². The zero-order chi connectivity index (χ0) is 30.9. The molecule has 4 atom stereocenters. The summed E-state index contributed by atoms with van der Waals surface area (Å²) in [6, 6.07) is 17.7. The van der Waals surface area contributed by atoms with Crippen molar-refractivity contribution >= 4 is 8.32 Å². The van der Waals surface area contributed by atoms with Crippen LogP contribution in [0.25, 0.3) is 0 Å². The maximum Gasteiger partial charge on any atom is 0.231 e. The number of nitrogens with zero attached hydrogens (tertiary/aromatic N) is 1. The van der Waals surface area contributed by atoms with Crippen molar-refractivity contribution in [2.24, 2.45) is 11.8 Å². The van der Waals surface area contributed by atoms with Gasteiger partial charge in [0, 0.05) is 24.1 Å². The summed E-state index contributed by atoms with van der Waals surface area (Å²) in [7, 11) is -0.0684. The number of hydrogen-bond donors (Lipinski definition) is 0. The molecule has 0 bridgehead atoms. The second-order valence-corrected chi connectivity index (χ2v) is 19.1. The van der Waals surface area contributed by atoms with Crippen LogP contribution in [0.15, 0.2) is 48.5 Å². The van der Waals surface area contributed by atoms with E-state index in [0.717, 1.165) is 49.5 Å². The molecular weight excluding hydrogens is 550 g/mol. The monoisotopic (exact) mass is 601 g/mol. The fourth-order valence-corrected chi connectivity index (χ4v) is 7.61. The van der Waals surface area contributed by atoms with E-state index in [1.165, 1.54) is 33.6 Å². The van der Waals surface area contributed by atoms with Gasteiger partial charge in [0.2, 0.25) is 6.79 Å². The highest BCUT2D eigenvalue weighted by Crippen LogP contribution is 2.53. The average molecular weight is 602 g/mol. The zero-order valence-electron chi connectivity index (χ0n) is 27.8. The van der Waals surface area contributed by atoms with Crippen molar-refractivity contribution in [2.45, 2.75) is 97.2 Å². The molecule has 0 fully saturated rings. The Bertz CT molecular complexity index is 1430. The highest BCUT2D eigenvalue weighted by atomic mass is 28.4. The topological polar surface area (TPSA) is 49.8 Å². The van der Waals surface area contributed by atoms with E-state index in [9.17, 15) is 0 Å². The Morgan fingerprint density at radius 2 is 1.72 bits per heavy atom. The number of fused-ring (bicyclic) bond motifs is 2. The molecule has 2 aliphatic rings. The molecule has 0 saturated carbocycles. The minimum Gasteiger partial charge on any atom is -0.497 e. The third kappa shape index (κ3) is 6.51. The molecule has 1 aliphatic heterocycles. The minimum absolute atomic E-state index is 0.182. The van der Waals surface area contributed by atoms with Crippen molar-refractivity contribution in [1.29, 1.82) is 0 Å². The third-order valence-electron chi connectivity index (χ3n) is 10.0. The number of benzene rings is 2. The summed E-state index contributed by atoms with van der Waals surface area (Å²) in [6.07, 6.45) is 4.26. The van der Waals surface area contributed by atoms with E-state index in [1.54, 1.807) is 7.11 Å². The number of pyridine rings is 1. The van der Waals surface area contributed by atoms with E-state index < -0.39 is 8.32 Å². The summed E-state index contributed by atoms with van der Waals surface area (Å²) >= 11 is 0. The van der Waals surface area contributed by atoms with Crippen LogP contribution < -0.4 is 14.2 Å². The number of hydrogen-bond acceptors (Lipinski definition) is 5. The fourth-order valence-electron chi connectivity index (χ4n) is 6.47.